The Morgan fingerprint density at radius 1 is 1.08 bits per heavy atom. The number of nitriles is 1. The number of aryl methyl sites for hydroxylation is 1. The number of nitrogens with zero attached hydrogens (tertiary/aromatic N) is 3. The fraction of sp³-hybridized carbons (Fsp3) is 0.0909. The second-order valence-corrected chi connectivity index (χ2v) is 6.27. The van der Waals surface area contributed by atoms with Crippen LogP contribution in [0.5, 0.6) is 0 Å². The van der Waals surface area contributed by atoms with Crippen molar-refractivity contribution in [1.29, 1.82) is 5.26 Å². The summed E-state index contributed by atoms with van der Waals surface area (Å²) in [6.07, 6.45) is 1.90. The maximum absolute atomic E-state index is 9.66. The molecule has 2 aromatic carbocycles. The first-order valence-electron chi connectivity index (χ1n) is 8.48. The Morgan fingerprint density at radius 3 is 2.54 bits per heavy atom. The first kappa shape index (κ1) is 15.9. The normalized spacial score (nSPS) is 11.7. The molecule has 0 aliphatic heterocycles. The molecule has 0 unspecified atom stereocenters. The average molecular weight is 338 g/mol. The van der Waals surface area contributed by atoms with Gasteiger partial charge >= 0.3 is 0 Å². The number of imidazole rings is 1. The van der Waals surface area contributed by atoms with Crippen molar-refractivity contribution in [3.8, 4) is 11.8 Å². The van der Waals surface area contributed by atoms with Gasteiger partial charge in [0.05, 0.1) is 16.6 Å². The molecule has 126 valence electrons. The third-order valence-corrected chi connectivity index (χ3v) is 4.55. The van der Waals surface area contributed by atoms with Crippen molar-refractivity contribution in [2.75, 3.05) is 0 Å². The van der Waals surface area contributed by atoms with Gasteiger partial charge in [-0.3, -0.25) is 0 Å². The van der Waals surface area contributed by atoms with E-state index >= 15 is 0 Å². The number of nitrogens with one attached hydrogen (secondary N) is 1. The summed E-state index contributed by atoms with van der Waals surface area (Å²) in [6.45, 7) is 4.14. The fourth-order valence-electron chi connectivity index (χ4n) is 3.30. The van der Waals surface area contributed by atoms with Crippen molar-refractivity contribution < 1.29 is 0 Å². The number of rotatable bonds is 3. The predicted molar refractivity (Wildman–Crippen MR) is 105 cm³/mol. The van der Waals surface area contributed by atoms with Gasteiger partial charge in [0.15, 0.2) is 0 Å². The van der Waals surface area contributed by atoms with E-state index in [4.69, 9.17) is 0 Å². The van der Waals surface area contributed by atoms with E-state index in [-0.39, 0.29) is 0 Å². The standard InChI is InChI=1S/C22H18N4/c1-15-12-17(16(2)26(15)19-8-4-3-5-9-19)13-18(14-23)22-24-20-10-6-7-11-21(20)25-22/h3-13H,1-2H3,(H,24,25). The summed E-state index contributed by atoms with van der Waals surface area (Å²) in [5, 5.41) is 9.66. The number of para-hydroxylation sites is 3. The zero-order valence-electron chi connectivity index (χ0n) is 14.7. The molecular weight excluding hydrogens is 320 g/mol. The van der Waals surface area contributed by atoms with E-state index in [1.165, 1.54) is 0 Å². The molecule has 2 aromatic heterocycles. The van der Waals surface area contributed by atoms with Crippen LogP contribution in [-0.2, 0) is 0 Å². The molecule has 0 saturated carbocycles. The van der Waals surface area contributed by atoms with Gasteiger partial charge in [0.1, 0.15) is 11.9 Å². The lowest BCUT2D eigenvalue weighted by Crippen LogP contribution is -1.98. The zero-order valence-corrected chi connectivity index (χ0v) is 14.7. The molecule has 0 saturated heterocycles. The number of aromatic nitrogens is 3. The SMILES string of the molecule is Cc1cc(C=C(C#N)c2nc3ccccc3[nH]2)c(C)n1-c1ccccc1. The van der Waals surface area contributed by atoms with Crippen LogP contribution in [0.1, 0.15) is 22.8 Å². The molecular formula is C22H18N4. The van der Waals surface area contributed by atoms with E-state index in [1.54, 1.807) is 0 Å². The Hall–Kier alpha value is -3.58. The van der Waals surface area contributed by atoms with Crippen LogP contribution in [0.4, 0.5) is 0 Å². The van der Waals surface area contributed by atoms with Gasteiger partial charge in [-0.05, 0) is 55.8 Å². The number of hydrogen-bond acceptors (Lipinski definition) is 2. The van der Waals surface area contributed by atoms with Crippen LogP contribution in [0, 0.1) is 25.2 Å². The first-order valence-corrected chi connectivity index (χ1v) is 8.48. The van der Waals surface area contributed by atoms with Gasteiger partial charge in [-0.25, -0.2) is 4.98 Å². The number of benzene rings is 2. The van der Waals surface area contributed by atoms with Crippen LogP contribution in [0.3, 0.4) is 0 Å². The quantitative estimate of drug-likeness (QED) is 0.532. The molecule has 0 aliphatic carbocycles. The highest BCUT2D eigenvalue weighted by Gasteiger charge is 2.12. The van der Waals surface area contributed by atoms with Crippen molar-refractivity contribution >= 4 is 22.7 Å². The summed E-state index contributed by atoms with van der Waals surface area (Å²) in [5.41, 5.74) is 6.67. The molecule has 4 heteroatoms. The molecule has 4 rings (SSSR count). The van der Waals surface area contributed by atoms with E-state index < -0.39 is 0 Å². The highest BCUT2D eigenvalue weighted by molar-refractivity contribution is 5.90. The highest BCUT2D eigenvalue weighted by atomic mass is 15.0. The monoisotopic (exact) mass is 338 g/mol. The molecule has 0 aliphatic rings. The van der Waals surface area contributed by atoms with Crippen molar-refractivity contribution in [3.05, 3.63) is 83.4 Å². The van der Waals surface area contributed by atoms with E-state index in [0.29, 0.717) is 11.4 Å². The number of fused-ring (bicyclic) bond motifs is 1. The van der Waals surface area contributed by atoms with Crippen LogP contribution < -0.4 is 0 Å². The highest BCUT2D eigenvalue weighted by Crippen LogP contribution is 2.25. The molecule has 0 spiro atoms. The van der Waals surface area contributed by atoms with Gasteiger partial charge in [-0.15, -0.1) is 0 Å². The predicted octanol–water partition coefficient (Wildman–Crippen LogP) is 5.03. The Labute approximate surface area is 152 Å². The minimum absolute atomic E-state index is 0.523. The molecule has 1 N–H and O–H groups in total. The lowest BCUT2D eigenvalue weighted by Gasteiger charge is -2.09. The second-order valence-electron chi connectivity index (χ2n) is 6.27. The van der Waals surface area contributed by atoms with Crippen LogP contribution in [0.15, 0.2) is 60.7 Å². The summed E-state index contributed by atoms with van der Waals surface area (Å²) < 4.78 is 2.19. The van der Waals surface area contributed by atoms with E-state index in [0.717, 1.165) is 33.7 Å². The van der Waals surface area contributed by atoms with Crippen LogP contribution in [0.2, 0.25) is 0 Å². The molecule has 4 aromatic rings. The van der Waals surface area contributed by atoms with E-state index in [2.05, 4.69) is 52.7 Å². The summed E-state index contributed by atoms with van der Waals surface area (Å²) in [6, 6.07) is 22.4. The maximum atomic E-state index is 9.66. The summed E-state index contributed by atoms with van der Waals surface area (Å²) in [7, 11) is 0. The minimum atomic E-state index is 0.523. The molecule has 0 amide bonds. The first-order chi connectivity index (χ1) is 12.7. The average Bonchev–Trinajstić information content (AvgIpc) is 3.21. The Morgan fingerprint density at radius 2 is 1.81 bits per heavy atom. The van der Waals surface area contributed by atoms with E-state index in [1.807, 2.05) is 48.5 Å². The number of H-pyrrole nitrogens is 1. The largest absolute Gasteiger partial charge is 0.337 e. The third-order valence-electron chi connectivity index (χ3n) is 4.55. The van der Waals surface area contributed by atoms with E-state index in [9.17, 15) is 5.26 Å². The van der Waals surface area contributed by atoms with Crippen LogP contribution in [0.25, 0.3) is 28.4 Å². The van der Waals surface area contributed by atoms with Gasteiger partial charge in [0.2, 0.25) is 0 Å². The van der Waals surface area contributed by atoms with Gasteiger partial charge in [0.25, 0.3) is 0 Å². The molecule has 2 heterocycles. The summed E-state index contributed by atoms with van der Waals surface area (Å²) >= 11 is 0. The molecule has 0 bridgehead atoms. The zero-order chi connectivity index (χ0) is 18.1. The number of aromatic amines is 1. The van der Waals surface area contributed by atoms with Crippen molar-refractivity contribution in [2.45, 2.75) is 13.8 Å². The number of allylic oxidation sites excluding steroid dienone is 1. The smallest absolute Gasteiger partial charge is 0.149 e. The molecule has 0 radical (unpaired) electrons. The van der Waals surface area contributed by atoms with Crippen molar-refractivity contribution in [3.63, 3.8) is 0 Å². The lowest BCUT2D eigenvalue weighted by atomic mass is 10.1. The molecule has 4 nitrogen and oxygen atoms in total. The maximum Gasteiger partial charge on any atom is 0.149 e. The molecule has 0 fully saturated rings. The fourth-order valence-corrected chi connectivity index (χ4v) is 3.30. The topological polar surface area (TPSA) is 57.4 Å². The van der Waals surface area contributed by atoms with Gasteiger partial charge in [-0.2, -0.15) is 5.26 Å². The van der Waals surface area contributed by atoms with Gasteiger partial charge in [-0.1, -0.05) is 30.3 Å². The minimum Gasteiger partial charge on any atom is -0.337 e. The van der Waals surface area contributed by atoms with Crippen molar-refractivity contribution in [1.82, 2.24) is 14.5 Å². The summed E-state index contributed by atoms with van der Waals surface area (Å²) in [5.74, 6) is 0.596. The number of hydrogen-bond donors (Lipinski definition) is 1. The van der Waals surface area contributed by atoms with Gasteiger partial charge < -0.3 is 9.55 Å². The molecule has 26 heavy (non-hydrogen) atoms. The van der Waals surface area contributed by atoms with Crippen LogP contribution in [-0.4, -0.2) is 14.5 Å². The second kappa shape index (κ2) is 6.38. The Bertz CT molecular complexity index is 1120. The Balaban J connectivity index is 1.81. The Kier molecular flexibility index (Phi) is 3.91. The third kappa shape index (κ3) is 2.70. The molecule has 0 atom stereocenters. The van der Waals surface area contributed by atoms with Crippen LogP contribution >= 0.6 is 0 Å². The van der Waals surface area contributed by atoms with Gasteiger partial charge in [0, 0.05) is 17.1 Å². The summed E-state index contributed by atoms with van der Waals surface area (Å²) in [4.78, 5) is 7.77. The van der Waals surface area contributed by atoms with Crippen molar-refractivity contribution in [2.24, 2.45) is 0 Å². The lowest BCUT2D eigenvalue weighted by molar-refractivity contribution is 0.964.